The van der Waals surface area contributed by atoms with Crippen molar-refractivity contribution in [3.63, 3.8) is 0 Å². The number of nitriles is 1. The summed E-state index contributed by atoms with van der Waals surface area (Å²) >= 11 is 2.86. The van der Waals surface area contributed by atoms with Crippen molar-refractivity contribution >= 4 is 34.0 Å². The Hall–Kier alpha value is -1.95. The number of likely N-dealkylation sites (N-methyl/N-ethyl adjacent to an activating group) is 1. The van der Waals surface area contributed by atoms with Gasteiger partial charge in [0.05, 0.1) is 10.8 Å². The molecule has 0 fully saturated rings. The van der Waals surface area contributed by atoms with Gasteiger partial charge in [-0.25, -0.2) is 9.97 Å². The molecule has 1 unspecified atom stereocenters. The lowest BCUT2D eigenvalue weighted by atomic mass is 10.0. The first-order valence-corrected chi connectivity index (χ1v) is 9.79. The fourth-order valence-electron chi connectivity index (χ4n) is 2.73. The summed E-state index contributed by atoms with van der Waals surface area (Å²) in [5.41, 5.74) is 1.71. The van der Waals surface area contributed by atoms with E-state index < -0.39 is 0 Å². The van der Waals surface area contributed by atoms with E-state index in [1.807, 2.05) is 6.92 Å². The summed E-state index contributed by atoms with van der Waals surface area (Å²) in [5.74, 6) is -0.108. The van der Waals surface area contributed by atoms with Crippen LogP contribution in [0.2, 0.25) is 0 Å². The molecule has 2 aromatic rings. The quantitative estimate of drug-likeness (QED) is 0.641. The Kier molecular flexibility index (Phi) is 5.68. The zero-order chi connectivity index (χ0) is 17.8. The highest BCUT2D eigenvalue weighted by Gasteiger charge is 2.26. The van der Waals surface area contributed by atoms with Crippen LogP contribution in [0.3, 0.4) is 0 Å². The third-order valence-corrected chi connectivity index (χ3v) is 6.44. The molecule has 0 aliphatic carbocycles. The molecule has 3 heterocycles. The molecule has 1 aliphatic heterocycles. The Labute approximate surface area is 155 Å². The van der Waals surface area contributed by atoms with Gasteiger partial charge in [-0.2, -0.15) is 5.26 Å². The van der Waals surface area contributed by atoms with Gasteiger partial charge in [0, 0.05) is 30.4 Å². The Balaban J connectivity index is 1.77. The van der Waals surface area contributed by atoms with Crippen molar-refractivity contribution < 1.29 is 4.79 Å². The van der Waals surface area contributed by atoms with Crippen molar-refractivity contribution in [2.75, 3.05) is 18.9 Å². The highest BCUT2D eigenvalue weighted by Crippen LogP contribution is 2.37. The zero-order valence-electron chi connectivity index (χ0n) is 14.2. The molecule has 0 radical (unpaired) electrons. The van der Waals surface area contributed by atoms with Gasteiger partial charge in [0.15, 0.2) is 5.16 Å². The minimum Gasteiger partial charge on any atom is -0.316 e. The molecule has 1 N–H and O–H groups in total. The standard InChI is InChI=1S/C17H19N5OS2/c1-3-13(25-17-19-6-4-7-20-17)15(23)21-16-12(9-18)11-5-8-22(2)10-14(11)24-16/h4,6-7,13H,3,5,8,10H2,1-2H3,(H,21,23). The number of fused-ring (bicyclic) bond motifs is 1. The summed E-state index contributed by atoms with van der Waals surface area (Å²) in [6, 6.07) is 4.02. The molecule has 0 saturated carbocycles. The van der Waals surface area contributed by atoms with E-state index in [1.165, 1.54) is 28.0 Å². The fourth-order valence-corrected chi connectivity index (χ4v) is 4.84. The van der Waals surface area contributed by atoms with Crippen LogP contribution in [-0.4, -0.2) is 39.6 Å². The Bertz CT molecular complexity index is 799. The molecule has 0 spiro atoms. The molecule has 3 rings (SSSR count). The minimum atomic E-state index is -0.296. The van der Waals surface area contributed by atoms with Crippen LogP contribution >= 0.6 is 23.1 Å². The first-order chi connectivity index (χ1) is 12.1. The van der Waals surface area contributed by atoms with Crippen molar-refractivity contribution in [2.24, 2.45) is 0 Å². The number of anilines is 1. The van der Waals surface area contributed by atoms with Crippen LogP contribution in [0.5, 0.6) is 0 Å². The molecule has 25 heavy (non-hydrogen) atoms. The molecular formula is C17H19N5OS2. The number of rotatable bonds is 5. The predicted molar refractivity (Wildman–Crippen MR) is 99.7 cm³/mol. The van der Waals surface area contributed by atoms with E-state index in [0.29, 0.717) is 22.1 Å². The molecule has 2 aromatic heterocycles. The van der Waals surface area contributed by atoms with Crippen LogP contribution < -0.4 is 5.32 Å². The monoisotopic (exact) mass is 373 g/mol. The van der Waals surface area contributed by atoms with E-state index >= 15 is 0 Å². The molecule has 0 saturated heterocycles. The van der Waals surface area contributed by atoms with Crippen LogP contribution in [0.15, 0.2) is 23.6 Å². The first-order valence-electron chi connectivity index (χ1n) is 8.10. The highest BCUT2D eigenvalue weighted by molar-refractivity contribution is 8.00. The predicted octanol–water partition coefficient (Wildman–Crippen LogP) is 2.91. The second-order valence-corrected chi connectivity index (χ2v) is 8.12. The van der Waals surface area contributed by atoms with E-state index in [0.717, 1.165) is 25.1 Å². The van der Waals surface area contributed by atoms with Gasteiger partial charge in [-0.05, 0) is 31.5 Å². The number of aromatic nitrogens is 2. The van der Waals surface area contributed by atoms with E-state index in [-0.39, 0.29) is 11.2 Å². The van der Waals surface area contributed by atoms with Crippen LogP contribution in [-0.2, 0) is 17.8 Å². The topological polar surface area (TPSA) is 81.9 Å². The Morgan fingerprint density at radius 2 is 2.28 bits per heavy atom. The van der Waals surface area contributed by atoms with E-state index in [9.17, 15) is 10.1 Å². The van der Waals surface area contributed by atoms with Crippen LogP contribution in [0.4, 0.5) is 5.00 Å². The van der Waals surface area contributed by atoms with Gasteiger partial charge >= 0.3 is 0 Å². The summed E-state index contributed by atoms with van der Waals surface area (Å²) in [7, 11) is 2.07. The average Bonchev–Trinajstić information content (AvgIpc) is 2.96. The zero-order valence-corrected chi connectivity index (χ0v) is 15.8. The van der Waals surface area contributed by atoms with Gasteiger partial charge in [0.2, 0.25) is 5.91 Å². The number of hydrogen-bond donors (Lipinski definition) is 1. The largest absolute Gasteiger partial charge is 0.316 e. The molecule has 1 aliphatic rings. The van der Waals surface area contributed by atoms with Gasteiger partial charge in [-0.3, -0.25) is 4.79 Å². The molecule has 1 amide bonds. The fraction of sp³-hybridized carbons (Fsp3) is 0.412. The minimum absolute atomic E-state index is 0.108. The highest BCUT2D eigenvalue weighted by atomic mass is 32.2. The van der Waals surface area contributed by atoms with Gasteiger partial charge in [0.25, 0.3) is 0 Å². The van der Waals surface area contributed by atoms with Gasteiger partial charge in [0.1, 0.15) is 11.1 Å². The maximum absolute atomic E-state index is 12.7. The van der Waals surface area contributed by atoms with Crippen LogP contribution in [0.1, 0.15) is 29.3 Å². The summed E-state index contributed by atoms with van der Waals surface area (Å²) in [4.78, 5) is 24.4. The molecular weight excluding hydrogens is 354 g/mol. The average molecular weight is 374 g/mol. The first kappa shape index (κ1) is 17.9. The van der Waals surface area contributed by atoms with Gasteiger partial charge < -0.3 is 10.2 Å². The summed E-state index contributed by atoms with van der Waals surface area (Å²) < 4.78 is 0. The molecule has 0 bridgehead atoms. The third kappa shape index (κ3) is 4.00. The smallest absolute Gasteiger partial charge is 0.238 e. The number of nitrogens with zero attached hydrogens (tertiary/aromatic N) is 4. The number of amides is 1. The van der Waals surface area contributed by atoms with Crippen molar-refractivity contribution in [3.05, 3.63) is 34.5 Å². The van der Waals surface area contributed by atoms with Crippen LogP contribution in [0.25, 0.3) is 0 Å². The number of carbonyl (C=O) groups excluding carboxylic acids is 1. The number of thiophene rings is 1. The number of nitrogens with one attached hydrogen (secondary N) is 1. The second-order valence-electron chi connectivity index (χ2n) is 5.84. The third-order valence-electron chi connectivity index (χ3n) is 4.05. The van der Waals surface area contributed by atoms with Crippen molar-refractivity contribution in [1.29, 1.82) is 5.26 Å². The Morgan fingerprint density at radius 3 is 2.96 bits per heavy atom. The van der Waals surface area contributed by atoms with Crippen molar-refractivity contribution in [1.82, 2.24) is 14.9 Å². The van der Waals surface area contributed by atoms with E-state index in [2.05, 4.69) is 33.3 Å². The molecule has 1 atom stereocenters. The molecule has 8 heteroatoms. The maximum atomic E-state index is 12.7. The summed E-state index contributed by atoms with van der Waals surface area (Å²) in [5, 5.41) is 13.5. The molecule has 6 nitrogen and oxygen atoms in total. The number of thioether (sulfide) groups is 1. The molecule has 0 aromatic carbocycles. The van der Waals surface area contributed by atoms with Crippen molar-refractivity contribution in [3.8, 4) is 6.07 Å². The summed E-state index contributed by atoms with van der Waals surface area (Å²) in [6.07, 6.45) is 4.84. The lowest BCUT2D eigenvalue weighted by molar-refractivity contribution is -0.115. The van der Waals surface area contributed by atoms with Gasteiger partial charge in [-0.1, -0.05) is 18.7 Å². The second kappa shape index (κ2) is 7.95. The van der Waals surface area contributed by atoms with Crippen LogP contribution in [0, 0.1) is 11.3 Å². The number of hydrogen-bond acceptors (Lipinski definition) is 7. The van der Waals surface area contributed by atoms with Gasteiger partial charge in [-0.15, -0.1) is 11.3 Å². The SMILES string of the molecule is CCC(Sc1ncccn1)C(=O)Nc1sc2c(c1C#N)CCN(C)C2. The summed E-state index contributed by atoms with van der Waals surface area (Å²) in [6.45, 7) is 3.72. The molecule has 130 valence electrons. The lowest BCUT2D eigenvalue weighted by Crippen LogP contribution is -2.25. The normalized spacial score (nSPS) is 15.2. The van der Waals surface area contributed by atoms with E-state index in [1.54, 1.807) is 18.5 Å². The van der Waals surface area contributed by atoms with E-state index in [4.69, 9.17) is 0 Å². The lowest BCUT2D eigenvalue weighted by Gasteiger charge is -2.21. The maximum Gasteiger partial charge on any atom is 0.238 e. The van der Waals surface area contributed by atoms with Crippen molar-refractivity contribution in [2.45, 2.75) is 36.7 Å². The number of carbonyl (C=O) groups is 1. The Morgan fingerprint density at radius 1 is 1.52 bits per heavy atom.